The number of nitrogens with zero attached hydrogens (tertiary/aromatic N) is 2. The summed E-state index contributed by atoms with van der Waals surface area (Å²) in [5.41, 5.74) is 0.881. The minimum Gasteiger partial charge on any atom is -0.446 e. The van der Waals surface area contributed by atoms with Crippen LogP contribution in [0, 0.1) is 0 Å². The Kier molecular flexibility index (Phi) is 22.4. The number of carbonyl (C=O) groups excluding carboxylic acids is 2. The van der Waals surface area contributed by atoms with Gasteiger partial charge in [-0.15, -0.1) is 0 Å². The van der Waals surface area contributed by atoms with Crippen LogP contribution in [0.3, 0.4) is 0 Å². The molecular weight excluding hydrogens is 500 g/mol. The number of hydrogen-bond acceptors (Lipinski definition) is 6. The lowest BCUT2D eigenvalue weighted by molar-refractivity contribution is 0.0258. The van der Waals surface area contributed by atoms with Crippen LogP contribution in [0.5, 0.6) is 0 Å². The molecular formula is C34H60N2O4. The Labute approximate surface area is 246 Å². The molecule has 1 aromatic rings. The van der Waals surface area contributed by atoms with Crippen LogP contribution < -0.4 is 0 Å². The summed E-state index contributed by atoms with van der Waals surface area (Å²) in [7, 11) is 3.95. The number of rotatable bonds is 26. The van der Waals surface area contributed by atoms with E-state index < -0.39 is 0 Å². The van der Waals surface area contributed by atoms with Crippen LogP contribution in [0.25, 0.3) is 0 Å². The van der Waals surface area contributed by atoms with E-state index in [-0.39, 0.29) is 25.4 Å². The Morgan fingerprint density at radius 2 is 0.775 bits per heavy atom. The second-order valence-corrected chi connectivity index (χ2v) is 11.5. The van der Waals surface area contributed by atoms with Crippen LogP contribution in [-0.2, 0) is 9.47 Å². The van der Waals surface area contributed by atoms with Crippen molar-refractivity contribution in [2.24, 2.45) is 0 Å². The molecule has 0 aliphatic carbocycles. The van der Waals surface area contributed by atoms with E-state index in [1.807, 2.05) is 23.9 Å². The summed E-state index contributed by atoms with van der Waals surface area (Å²) in [4.78, 5) is 28.9. The molecule has 0 aliphatic rings. The molecule has 0 fully saturated rings. The molecule has 6 nitrogen and oxygen atoms in total. The second-order valence-electron chi connectivity index (χ2n) is 11.5. The SMILES string of the molecule is CCCCCCCCCCCN(C)COC(=O)c1ccc(C(=O)OCN(C)CCCCCCCCCCC)cc1. The molecule has 0 heterocycles. The van der Waals surface area contributed by atoms with E-state index >= 15 is 0 Å². The zero-order valence-corrected chi connectivity index (χ0v) is 26.4. The Bertz CT molecular complexity index is 690. The summed E-state index contributed by atoms with van der Waals surface area (Å²) in [6.07, 6.45) is 23.4. The molecule has 0 amide bonds. The molecule has 230 valence electrons. The number of carbonyl (C=O) groups is 2. The van der Waals surface area contributed by atoms with Crippen molar-refractivity contribution in [1.82, 2.24) is 9.80 Å². The fraction of sp³-hybridized carbons (Fsp3) is 0.765. The standard InChI is InChI=1S/C34H60N2O4/c1-5-7-9-11-13-15-17-19-21-27-35(3)29-39-33(37)31-23-25-32(26-24-31)34(38)40-30-36(4)28-22-20-18-16-14-12-10-8-6-2/h23-26H,5-22,27-30H2,1-4H3. The smallest absolute Gasteiger partial charge is 0.339 e. The van der Waals surface area contributed by atoms with Gasteiger partial charge in [-0.1, -0.05) is 117 Å². The molecule has 0 aromatic heterocycles. The van der Waals surface area contributed by atoms with Gasteiger partial charge in [0.05, 0.1) is 11.1 Å². The molecule has 0 saturated carbocycles. The molecule has 0 unspecified atom stereocenters. The molecule has 0 spiro atoms. The monoisotopic (exact) mass is 560 g/mol. The van der Waals surface area contributed by atoms with Gasteiger partial charge in [-0.2, -0.15) is 0 Å². The van der Waals surface area contributed by atoms with Crippen LogP contribution in [0.2, 0.25) is 0 Å². The predicted molar refractivity (Wildman–Crippen MR) is 167 cm³/mol. The summed E-state index contributed by atoms with van der Waals surface area (Å²) < 4.78 is 10.9. The van der Waals surface area contributed by atoms with Gasteiger partial charge in [-0.05, 0) is 51.2 Å². The third-order valence-electron chi connectivity index (χ3n) is 7.48. The van der Waals surface area contributed by atoms with E-state index in [9.17, 15) is 9.59 Å². The van der Waals surface area contributed by atoms with E-state index in [0.29, 0.717) is 11.1 Å². The van der Waals surface area contributed by atoms with Crippen LogP contribution in [0.4, 0.5) is 0 Å². The minimum absolute atomic E-state index is 0.269. The molecule has 0 N–H and O–H groups in total. The van der Waals surface area contributed by atoms with E-state index in [1.54, 1.807) is 24.3 Å². The average molecular weight is 561 g/mol. The lowest BCUT2D eigenvalue weighted by Gasteiger charge is -2.17. The number of ether oxygens (including phenoxy) is 2. The van der Waals surface area contributed by atoms with Crippen molar-refractivity contribution in [2.45, 2.75) is 129 Å². The molecule has 1 rings (SSSR count). The van der Waals surface area contributed by atoms with Gasteiger partial charge in [0.15, 0.2) is 0 Å². The Hall–Kier alpha value is -1.92. The van der Waals surface area contributed by atoms with Gasteiger partial charge in [0.2, 0.25) is 0 Å². The maximum atomic E-state index is 12.4. The minimum atomic E-state index is -0.375. The van der Waals surface area contributed by atoms with Crippen LogP contribution in [0.1, 0.15) is 150 Å². The molecule has 6 heteroatoms. The van der Waals surface area contributed by atoms with Crippen molar-refractivity contribution in [1.29, 1.82) is 0 Å². The van der Waals surface area contributed by atoms with Crippen molar-refractivity contribution in [3.05, 3.63) is 35.4 Å². The van der Waals surface area contributed by atoms with Gasteiger partial charge < -0.3 is 9.47 Å². The topological polar surface area (TPSA) is 59.1 Å². The Morgan fingerprint density at radius 3 is 1.07 bits per heavy atom. The first-order valence-corrected chi connectivity index (χ1v) is 16.3. The molecule has 0 saturated heterocycles. The van der Waals surface area contributed by atoms with Gasteiger partial charge >= 0.3 is 11.9 Å². The average Bonchev–Trinajstić information content (AvgIpc) is 2.97. The largest absolute Gasteiger partial charge is 0.446 e. The zero-order chi connectivity index (χ0) is 29.3. The Balaban J connectivity index is 2.14. The third-order valence-corrected chi connectivity index (χ3v) is 7.48. The highest BCUT2D eigenvalue weighted by Gasteiger charge is 2.12. The Morgan fingerprint density at radius 1 is 0.500 bits per heavy atom. The first-order valence-electron chi connectivity index (χ1n) is 16.3. The van der Waals surface area contributed by atoms with E-state index in [4.69, 9.17) is 9.47 Å². The zero-order valence-electron chi connectivity index (χ0n) is 26.4. The maximum absolute atomic E-state index is 12.4. The molecule has 0 aliphatic heterocycles. The van der Waals surface area contributed by atoms with Crippen LogP contribution in [0.15, 0.2) is 24.3 Å². The number of hydrogen-bond donors (Lipinski definition) is 0. The maximum Gasteiger partial charge on any atom is 0.339 e. The molecule has 0 atom stereocenters. The summed E-state index contributed by atoms with van der Waals surface area (Å²) in [6.45, 7) is 6.88. The summed E-state index contributed by atoms with van der Waals surface area (Å²) in [6, 6.07) is 6.52. The van der Waals surface area contributed by atoms with Crippen molar-refractivity contribution in [3.63, 3.8) is 0 Å². The summed E-state index contributed by atoms with van der Waals surface area (Å²) >= 11 is 0. The van der Waals surface area contributed by atoms with Gasteiger partial charge in [-0.3, -0.25) is 9.80 Å². The third kappa shape index (κ3) is 19.2. The molecule has 0 radical (unpaired) electrons. The summed E-state index contributed by atoms with van der Waals surface area (Å²) in [5.74, 6) is -0.751. The highest BCUT2D eigenvalue weighted by atomic mass is 16.5. The molecule has 40 heavy (non-hydrogen) atoms. The predicted octanol–water partition coefficient (Wildman–Crippen LogP) is 8.84. The van der Waals surface area contributed by atoms with Gasteiger partial charge in [-0.25, -0.2) is 9.59 Å². The van der Waals surface area contributed by atoms with Crippen molar-refractivity contribution >= 4 is 11.9 Å². The van der Waals surface area contributed by atoms with Crippen molar-refractivity contribution in [3.8, 4) is 0 Å². The van der Waals surface area contributed by atoms with E-state index in [1.165, 1.54) is 103 Å². The van der Waals surface area contributed by atoms with E-state index in [2.05, 4.69) is 13.8 Å². The molecule has 0 bridgehead atoms. The highest BCUT2D eigenvalue weighted by Crippen LogP contribution is 2.12. The first kappa shape index (κ1) is 36.1. The first-order chi connectivity index (χ1) is 19.5. The van der Waals surface area contributed by atoms with Crippen molar-refractivity contribution in [2.75, 3.05) is 40.6 Å². The summed E-state index contributed by atoms with van der Waals surface area (Å²) in [5, 5.41) is 0. The van der Waals surface area contributed by atoms with Crippen LogP contribution >= 0.6 is 0 Å². The number of unbranched alkanes of at least 4 members (excludes halogenated alkanes) is 16. The quantitative estimate of drug-likeness (QED) is 0.0641. The molecule has 1 aromatic carbocycles. The normalized spacial score (nSPS) is 11.3. The number of benzene rings is 1. The number of esters is 2. The highest BCUT2D eigenvalue weighted by molar-refractivity contribution is 5.93. The van der Waals surface area contributed by atoms with Crippen LogP contribution in [-0.4, -0.2) is 62.4 Å². The lowest BCUT2D eigenvalue weighted by Crippen LogP contribution is -2.25. The van der Waals surface area contributed by atoms with Crippen molar-refractivity contribution < 1.29 is 19.1 Å². The van der Waals surface area contributed by atoms with E-state index in [0.717, 1.165) is 25.9 Å². The fourth-order valence-electron chi connectivity index (χ4n) is 4.76. The van der Waals surface area contributed by atoms with Gasteiger partial charge in [0.1, 0.15) is 13.5 Å². The fourth-order valence-corrected chi connectivity index (χ4v) is 4.76. The van der Waals surface area contributed by atoms with Gasteiger partial charge in [0.25, 0.3) is 0 Å². The second kappa shape index (κ2) is 24.8. The lowest BCUT2D eigenvalue weighted by atomic mass is 10.1. The van der Waals surface area contributed by atoms with Gasteiger partial charge in [0, 0.05) is 13.1 Å².